The minimum atomic E-state index is 0.671. The molecule has 3 rings (SSSR count). The number of nitrogens with one attached hydrogen (secondary N) is 1. The SMILES string of the molecule is Nc1cnn(CCNc2nncc3ccccc23)c1. The molecule has 19 heavy (non-hydrogen) atoms. The van der Waals surface area contributed by atoms with Gasteiger partial charge in [0, 0.05) is 23.5 Å². The lowest BCUT2D eigenvalue weighted by Gasteiger charge is -2.07. The van der Waals surface area contributed by atoms with Crippen molar-refractivity contribution in [2.45, 2.75) is 6.54 Å². The highest BCUT2D eigenvalue weighted by atomic mass is 15.3. The number of fused-ring (bicyclic) bond motifs is 1. The fourth-order valence-corrected chi connectivity index (χ4v) is 1.95. The zero-order valence-electron chi connectivity index (χ0n) is 10.3. The number of hydrogen-bond acceptors (Lipinski definition) is 5. The van der Waals surface area contributed by atoms with Crippen molar-refractivity contribution in [3.63, 3.8) is 0 Å². The molecule has 0 aliphatic carbocycles. The van der Waals surface area contributed by atoms with Crippen molar-refractivity contribution in [1.29, 1.82) is 0 Å². The van der Waals surface area contributed by atoms with Crippen molar-refractivity contribution in [2.75, 3.05) is 17.6 Å². The van der Waals surface area contributed by atoms with Gasteiger partial charge in [-0.3, -0.25) is 4.68 Å². The molecular weight excluding hydrogens is 240 g/mol. The molecule has 0 spiro atoms. The molecule has 1 aromatic carbocycles. The number of aromatic nitrogens is 4. The summed E-state index contributed by atoms with van der Waals surface area (Å²) in [6.45, 7) is 1.44. The second-order valence-corrected chi connectivity index (χ2v) is 4.24. The maximum atomic E-state index is 5.61. The molecule has 0 amide bonds. The third kappa shape index (κ3) is 2.47. The molecule has 6 nitrogen and oxygen atoms in total. The highest BCUT2D eigenvalue weighted by Crippen LogP contribution is 2.18. The Hall–Kier alpha value is -2.63. The third-order valence-electron chi connectivity index (χ3n) is 2.86. The van der Waals surface area contributed by atoms with Gasteiger partial charge in [0.15, 0.2) is 5.82 Å². The summed E-state index contributed by atoms with van der Waals surface area (Å²) in [7, 11) is 0. The van der Waals surface area contributed by atoms with E-state index in [0.717, 1.165) is 23.1 Å². The minimum Gasteiger partial charge on any atom is -0.396 e. The summed E-state index contributed by atoms with van der Waals surface area (Å²) in [4.78, 5) is 0. The molecule has 0 saturated carbocycles. The quantitative estimate of drug-likeness (QED) is 0.737. The Morgan fingerprint density at radius 3 is 2.95 bits per heavy atom. The molecule has 0 bridgehead atoms. The highest BCUT2D eigenvalue weighted by molar-refractivity contribution is 5.90. The number of nitrogens with two attached hydrogens (primary N) is 1. The van der Waals surface area contributed by atoms with Crippen LogP contribution in [0.3, 0.4) is 0 Å². The Labute approximate surface area is 110 Å². The normalized spacial score (nSPS) is 10.7. The molecule has 0 unspecified atom stereocenters. The van der Waals surface area contributed by atoms with Gasteiger partial charge in [-0.2, -0.15) is 10.2 Å². The van der Waals surface area contributed by atoms with Gasteiger partial charge < -0.3 is 11.1 Å². The van der Waals surface area contributed by atoms with Crippen molar-refractivity contribution in [3.8, 4) is 0 Å². The van der Waals surface area contributed by atoms with Crippen LogP contribution in [-0.4, -0.2) is 26.5 Å². The average Bonchev–Trinajstić information content (AvgIpc) is 2.85. The average molecular weight is 254 g/mol. The van der Waals surface area contributed by atoms with E-state index in [2.05, 4.69) is 20.6 Å². The summed E-state index contributed by atoms with van der Waals surface area (Å²) in [6.07, 6.45) is 5.20. The molecule has 0 radical (unpaired) electrons. The summed E-state index contributed by atoms with van der Waals surface area (Å²) in [5.41, 5.74) is 6.28. The predicted octanol–water partition coefficient (Wildman–Crippen LogP) is 1.52. The van der Waals surface area contributed by atoms with Crippen molar-refractivity contribution in [3.05, 3.63) is 42.9 Å². The summed E-state index contributed by atoms with van der Waals surface area (Å²) in [5.74, 6) is 0.790. The van der Waals surface area contributed by atoms with Crippen molar-refractivity contribution in [2.24, 2.45) is 0 Å². The first kappa shape index (κ1) is 11.5. The zero-order valence-corrected chi connectivity index (χ0v) is 10.3. The molecule has 96 valence electrons. The van der Waals surface area contributed by atoms with Gasteiger partial charge in [0.1, 0.15) is 0 Å². The van der Waals surface area contributed by atoms with Crippen LogP contribution in [0.1, 0.15) is 0 Å². The Balaban J connectivity index is 1.71. The van der Waals surface area contributed by atoms with Gasteiger partial charge in [-0.1, -0.05) is 24.3 Å². The van der Waals surface area contributed by atoms with Crippen LogP contribution in [0.2, 0.25) is 0 Å². The zero-order chi connectivity index (χ0) is 13.1. The third-order valence-corrected chi connectivity index (χ3v) is 2.86. The Bertz CT molecular complexity index is 685. The highest BCUT2D eigenvalue weighted by Gasteiger charge is 2.02. The van der Waals surface area contributed by atoms with Crippen molar-refractivity contribution in [1.82, 2.24) is 20.0 Å². The molecule has 0 atom stereocenters. The van der Waals surface area contributed by atoms with E-state index in [1.807, 2.05) is 24.3 Å². The lowest BCUT2D eigenvalue weighted by molar-refractivity contribution is 0.637. The van der Waals surface area contributed by atoms with E-state index in [4.69, 9.17) is 5.73 Å². The van der Waals surface area contributed by atoms with Crippen LogP contribution in [0.25, 0.3) is 10.8 Å². The lowest BCUT2D eigenvalue weighted by Crippen LogP contribution is -2.12. The molecule has 3 N–H and O–H groups in total. The number of nitrogen functional groups attached to an aromatic ring is 1. The summed E-state index contributed by atoms with van der Waals surface area (Å²) >= 11 is 0. The van der Waals surface area contributed by atoms with Crippen molar-refractivity contribution < 1.29 is 0 Å². The fraction of sp³-hybridized carbons (Fsp3) is 0.154. The van der Waals surface area contributed by atoms with E-state index in [1.54, 1.807) is 23.3 Å². The predicted molar refractivity (Wildman–Crippen MR) is 74.7 cm³/mol. The van der Waals surface area contributed by atoms with Crippen molar-refractivity contribution >= 4 is 22.3 Å². The number of benzene rings is 1. The fourth-order valence-electron chi connectivity index (χ4n) is 1.95. The largest absolute Gasteiger partial charge is 0.396 e. The standard InChI is InChI=1S/C13H14N6/c14-11-8-17-19(9-11)6-5-15-13-12-4-2-1-3-10(12)7-16-18-13/h1-4,7-9H,5-6,14H2,(H,15,18). The van der Waals surface area contributed by atoms with E-state index in [-0.39, 0.29) is 0 Å². The number of anilines is 2. The molecule has 2 aromatic heterocycles. The van der Waals surface area contributed by atoms with Crippen LogP contribution in [0.5, 0.6) is 0 Å². The van der Waals surface area contributed by atoms with Crippen LogP contribution >= 0.6 is 0 Å². The smallest absolute Gasteiger partial charge is 0.156 e. The molecule has 0 aliphatic rings. The molecule has 6 heteroatoms. The van der Waals surface area contributed by atoms with E-state index >= 15 is 0 Å². The molecule has 0 saturated heterocycles. The Morgan fingerprint density at radius 1 is 1.21 bits per heavy atom. The topological polar surface area (TPSA) is 81.6 Å². The summed E-state index contributed by atoms with van der Waals surface area (Å²) in [6, 6.07) is 8.02. The van der Waals surface area contributed by atoms with Crippen LogP contribution in [0.4, 0.5) is 11.5 Å². The molecule has 2 heterocycles. The molecule has 0 fully saturated rings. The van der Waals surface area contributed by atoms with E-state index in [1.165, 1.54) is 0 Å². The maximum absolute atomic E-state index is 5.61. The maximum Gasteiger partial charge on any atom is 0.156 e. The van der Waals surface area contributed by atoms with E-state index in [0.29, 0.717) is 12.2 Å². The summed E-state index contributed by atoms with van der Waals surface area (Å²) < 4.78 is 1.79. The van der Waals surface area contributed by atoms with Gasteiger partial charge in [0.05, 0.1) is 24.6 Å². The number of hydrogen-bond donors (Lipinski definition) is 2. The summed E-state index contributed by atoms with van der Waals surface area (Å²) in [5, 5.41) is 17.7. The molecular formula is C13H14N6. The first-order valence-electron chi connectivity index (χ1n) is 6.05. The Kier molecular flexibility index (Phi) is 2.97. The number of nitrogens with zero attached hydrogens (tertiary/aromatic N) is 4. The van der Waals surface area contributed by atoms with Gasteiger partial charge in [0.25, 0.3) is 0 Å². The van der Waals surface area contributed by atoms with E-state index < -0.39 is 0 Å². The van der Waals surface area contributed by atoms with Gasteiger partial charge in [-0.05, 0) is 0 Å². The van der Waals surface area contributed by atoms with Crippen LogP contribution in [0.15, 0.2) is 42.9 Å². The molecule has 3 aromatic rings. The van der Waals surface area contributed by atoms with Crippen LogP contribution in [0, 0.1) is 0 Å². The second kappa shape index (κ2) is 4.93. The monoisotopic (exact) mass is 254 g/mol. The first-order valence-corrected chi connectivity index (χ1v) is 6.05. The van der Waals surface area contributed by atoms with Crippen LogP contribution < -0.4 is 11.1 Å². The van der Waals surface area contributed by atoms with Gasteiger partial charge >= 0.3 is 0 Å². The second-order valence-electron chi connectivity index (χ2n) is 4.24. The van der Waals surface area contributed by atoms with Gasteiger partial charge in [-0.25, -0.2) is 0 Å². The Morgan fingerprint density at radius 2 is 2.11 bits per heavy atom. The first-order chi connectivity index (χ1) is 9.33. The van der Waals surface area contributed by atoms with Crippen LogP contribution in [-0.2, 0) is 6.54 Å². The number of rotatable bonds is 4. The van der Waals surface area contributed by atoms with Gasteiger partial charge in [-0.15, -0.1) is 5.10 Å². The minimum absolute atomic E-state index is 0.671. The molecule has 0 aliphatic heterocycles. The van der Waals surface area contributed by atoms with Gasteiger partial charge in [0.2, 0.25) is 0 Å². The van der Waals surface area contributed by atoms with E-state index in [9.17, 15) is 0 Å². The lowest BCUT2D eigenvalue weighted by atomic mass is 10.2.